The number of phenols is 1. The van der Waals surface area contributed by atoms with Gasteiger partial charge in [-0.1, -0.05) is 49.7 Å². The van der Waals surface area contributed by atoms with E-state index in [2.05, 4.69) is 34.6 Å². The standard InChI is InChI=1S/C27H36N6O5/c1-18(2)12-13-28-27(37)25(21-10-11-22(35)23(16-21)38-4)32(14-5-15-34)24(36)17-33-30-26(29-31-33)20-8-6-19(3)7-9-20/h6-11,16,18,25,34-35H,5,12-15,17H2,1-4H3,(H,28,37). The number of nitrogens with one attached hydrogen (secondary N) is 1. The summed E-state index contributed by atoms with van der Waals surface area (Å²) in [6, 6.07) is 11.1. The molecule has 0 saturated carbocycles. The van der Waals surface area contributed by atoms with E-state index in [1.54, 1.807) is 6.07 Å². The van der Waals surface area contributed by atoms with Crippen LogP contribution in [-0.4, -0.2) is 73.9 Å². The number of methoxy groups -OCH3 is 1. The summed E-state index contributed by atoms with van der Waals surface area (Å²) in [6.45, 7) is 6.23. The molecule has 0 radical (unpaired) electrons. The van der Waals surface area contributed by atoms with E-state index < -0.39 is 11.9 Å². The van der Waals surface area contributed by atoms with Crippen molar-refractivity contribution in [3.05, 3.63) is 53.6 Å². The Balaban J connectivity index is 1.91. The van der Waals surface area contributed by atoms with Crippen LogP contribution in [0.2, 0.25) is 0 Å². The van der Waals surface area contributed by atoms with Gasteiger partial charge in [0, 0.05) is 25.3 Å². The molecule has 0 aliphatic rings. The first kappa shape index (κ1) is 28.6. The quantitative estimate of drug-likeness (QED) is 0.310. The Morgan fingerprint density at radius 2 is 1.89 bits per heavy atom. The van der Waals surface area contributed by atoms with E-state index >= 15 is 0 Å². The van der Waals surface area contributed by atoms with Crippen molar-refractivity contribution in [1.29, 1.82) is 0 Å². The third kappa shape index (κ3) is 7.51. The van der Waals surface area contributed by atoms with Gasteiger partial charge in [-0.05, 0) is 48.6 Å². The third-order valence-corrected chi connectivity index (χ3v) is 6.02. The molecular weight excluding hydrogens is 488 g/mol. The van der Waals surface area contributed by atoms with Gasteiger partial charge in [0.15, 0.2) is 11.5 Å². The van der Waals surface area contributed by atoms with Gasteiger partial charge in [0.05, 0.1) is 7.11 Å². The Kier molecular flexibility index (Phi) is 10.2. The summed E-state index contributed by atoms with van der Waals surface area (Å²) in [4.78, 5) is 29.6. The Morgan fingerprint density at radius 3 is 2.55 bits per heavy atom. The fourth-order valence-electron chi connectivity index (χ4n) is 3.90. The number of hydrogen-bond donors (Lipinski definition) is 3. The van der Waals surface area contributed by atoms with Crippen molar-refractivity contribution < 1.29 is 24.5 Å². The van der Waals surface area contributed by atoms with Crippen LogP contribution in [0.5, 0.6) is 11.5 Å². The predicted octanol–water partition coefficient (Wildman–Crippen LogP) is 2.48. The minimum absolute atomic E-state index is 0.0844. The highest BCUT2D eigenvalue weighted by atomic mass is 16.5. The van der Waals surface area contributed by atoms with Crippen LogP contribution in [0.3, 0.4) is 0 Å². The van der Waals surface area contributed by atoms with Crippen molar-refractivity contribution in [2.45, 2.75) is 46.2 Å². The molecule has 1 unspecified atom stereocenters. The molecule has 11 nitrogen and oxygen atoms in total. The van der Waals surface area contributed by atoms with Gasteiger partial charge in [0.25, 0.3) is 0 Å². The second-order valence-electron chi connectivity index (χ2n) is 9.48. The number of ether oxygens (including phenoxy) is 1. The van der Waals surface area contributed by atoms with Crippen molar-refractivity contribution >= 4 is 11.8 Å². The molecule has 0 saturated heterocycles. The van der Waals surface area contributed by atoms with E-state index in [-0.39, 0.29) is 43.5 Å². The van der Waals surface area contributed by atoms with Crippen LogP contribution in [0.15, 0.2) is 42.5 Å². The fraction of sp³-hybridized carbons (Fsp3) is 0.444. The first-order valence-corrected chi connectivity index (χ1v) is 12.6. The molecule has 2 amide bonds. The predicted molar refractivity (Wildman–Crippen MR) is 141 cm³/mol. The maximum Gasteiger partial charge on any atom is 0.247 e. The van der Waals surface area contributed by atoms with Crippen LogP contribution in [0, 0.1) is 12.8 Å². The second kappa shape index (κ2) is 13.5. The molecule has 3 aromatic rings. The Morgan fingerprint density at radius 1 is 1.16 bits per heavy atom. The highest BCUT2D eigenvalue weighted by Gasteiger charge is 2.32. The van der Waals surface area contributed by atoms with Crippen LogP contribution in [0.4, 0.5) is 0 Å². The van der Waals surface area contributed by atoms with Gasteiger partial charge in [-0.25, -0.2) is 0 Å². The lowest BCUT2D eigenvalue weighted by Crippen LogP contribution is -2.46. The lowest BCUT2D eigenvalue weighted by Gasteiger charge is -2.31. The van der Waals surface area contributed by atoms with Crippen molar-refractivity contribution in [1.82, 2.24) is 30.4 Å². The van der Waals surface area contributed by atoms with Crippen molar-refractivity contribution in [2.75, 3.05) is 26.8 Å². The minimum atomic E-state index is -1.03. The van der Waals surface area contributed by atoms with E-state index in [0.29, 0.717) is 23.9 Å². The average molecular weight is 525 g/mol. The van der Waals surface area contributed by atoms with E-state index in [1.165, 1.54) is 28.9 Å². The monoisotopic (exact) mass is 524 g/mol. The highest BCUT2D eigenvalue weighted by Crippen LogP contribution is 2.32. The smallest absolute Gasteiger partial charge is 0.247 e. The van der Waals surface area contributed by atoms with Gasteiger partial charge in [0.2, 0.25) is 17.6 Å². The normalized spacial score (nSPS) is 11.8. The first-order chi connectivity index (χ1) is 18.2. The van der Waals surface area contributed by atoms with Crippen LogP contribution >= 0.6 is 0 Å². The topological polar surface area (TPSA) is 143 Å². The summed E-state index contributed by atoms with van der Waals surface area (Å²) in [5, 5.41) is 35.0. The van der Waals surface area contributed by atoms with Crippen molar-refractivity contribution in [2.24, 2.45) is 5.92 Å². The van der Waals surface area contributed by atoms with E-state index in [1.807, 2.05) is 31.2 Å². The number of phenolic OH excluding ortho intramolecular Hbond substituents is 1. The van der Waals surface area contributed by atoms with Crippen LogP contribution < -0.4 is 10.1 Å². The Labute approximate surface area is 222 Å². The maximum atomic E-state index is 13.6. The van der Waals surface area contributed by atoms with Gasteiger partial charge < -0.3 is 25.2 Å². The van der Waals surface area contributed by atoms with Gasteiger partial charge in [-0.3, -0.25) is 9.59 Å². The van der Waals surface area contributed by atoms with Crippen molar-refractivity contribution in [3.8, 4) is 22.9 Å². The Hall–Kier alpha value is -3.99. The molecule has 3 rings (SSSR count). The molecule has 11 heteroatoms. The number of carbonyl (C=O) groups is 2. The number of tetrazole rings is 1. The lowest BCUT2D eigenvalue weighted by molar-refractivity contribution is -0.142. The zero-order valence-electron chi connectivity index (χ0n) is 22.3. The van der Waals surface area contributed by atoms with Gasteiger partial charge in [-0.2, -0.15) is 4.80 Å². The maximum absolute atomic E-state index is 13.6. The number of carbonyl (C=O) groups excluding carboxylic acids is 2. The molecule has 2 aromatic carbocycles. The number of aryl methyl sites for hydroxylation is 1. The zero-order valence-corrected chi connectivity index (χ0v) is 22.3. The molecule has 3 N–H and O–H groups in total. The molecule has 0 fully saturated rings. The van der Waals surface area contributed by atoms with E-state index in [0.717, 1.165) is 17.5 Å². The van der Waals surface area contributed by atoms with Gasteiger partial charge in [0.1, 0.15) is 12.6 Å². The van der Waals surface area contributed by atoms with E-state index in [9.17, 15) is 19.8 Å². The summed E-state index contributed by atoms with van der Waals surface area (Å²) in [6.07, 6.45) is 1.03. The van der Waals surface area contributed by atoms with Crippen LogP contribution in [-0.2, 0) is 16.1 Å². The lowest BCUT2D eigenvalue weighted by atomic mass is 10.0. The second-order valence-corrected chi connectivity index (χ2v) is 9.48. The number of amides is 2. The van der Waals surface area contributed by atoms with E-state index in [4.69, 9.17) is 4.74 Å². The molecule has 0 spiro atoms. The highest BCUT2D eigenvalue weighted by molar-refractivity contribution is 5.89. The number of aliphatic hydroxyl groups excluding tert-OH is 1. The summed E-state index contributed by atoms with van der Waals surface area (Å²) in [5.74, 6) is 0.0530. The molecule has 1 atom stereocenters. The number of nitrogens with zero attached hydrogens (tertiary/aromatic N) is 5. The molecule has 0 bridgehead atoms. The van der Waals surface area contributed by atoms with Gasteiger partial charge in [-0.15, -0.1) is 10.2 Å². The van der Waals surface area contributed by atoms with Crippen molar-refractivity contribution in [3.63, 3.8) is 0 Å². The number of aromatic nitrogens is 4. The number of rotatable bonds is 13. The molecule has 204 valence electrons. The number of aliphatic hydroxyl groups is 1. The SMILES string of the molecule is COc1cc(C(C(=O)NCCC(C)C)N(CCCO)C(=O)Cn2nnc(-c3ccc(C)cc3)n2)ccc1O. The summed E-state index contributed by atoms with van der Waals surface area (Å²) < 4.78 is 5.24. The molecular formula is C27H36N6O5. The Bertz CT molecular complexity index is 1210. The fourth-order valence-corrected chi connectivity index (χ4v) is 3.90. The number of benzene rings is 2. The first-order valence-electron chi connectivity index (χ1n) is 12.6. The van der Waals surface area contributed by atoms with Crippen LogP contribution in [0.1, 0.15) is 43.9 Å². The largest absolute Gasteiger partial charge is 0.504 e. The third-order valence-electron chi connectivity index (χ3n) is 6.02. The molecule has 0 aliphatic carbocycles. The summed E-state index contributed by atoms with van der Waals surface area (Å²) in [7, 11) is 1.41. The van der Waals surface area contributed by atoms with Crippen LogP contribution in [0.25, 0.3) is 11.4 Å². The minimum Gasteiger partial charge on any atom is -0.504 e. The summed E-state index contributed by atoms with van der Waals surface area (Å²) >= 11 is 0. The average Bonchev–Trinajstić information content (AvgIpc) is 3.35. The number of aromatic hydroxyl groups is 1. The summed E-state index contributed by atoms with van der Waals surface area (Å²) in [5.41, 5.74) is 2.32. The molecule has 0 aliphatic heterocycles. The molecule has 1 heterocycles. The molecule has 1 aromatic heterocycles. The van der Waals surface area contributed by atoms with Gasteiger partial charge >= 0.3 is 0 Å². The molecule has 38 heavy (non-hydrogen) atoms. The zero-order chi connectivity index (χ0) is 27.7. The number of hydrogen-bond acceptors (Lipinski definition) is 8.